The number of hydrogen-bond acceptors (Lipinski definition) is 7. The fourth-order valence-electron chi connectivity index (χ4n) is 1.89. The number of carbonyl (C=O) groups is 2. The summed E-state index contributed by atoms with van der Waals surface area (Å²) in [5, 5.41) is 28.2. The zero-order valence-corrected chi connectivity index (χ0v) is 11.9. The third kappa shape index (κ3) is 4.21. The van der Waals surface area contributed by atoms with Crippen molar-refractivity contribution < 1.29 is 29.6 Å². The summed E-state index contributed by atoms with van der Waals surface area (Å²) >= 11 is 0. The molecule has 0 aliphatic carbocycles. The number of aliphatic carboxylic acids is 2. The molecule has 1 aromatic carbocycles. The van der Waals surface area contributed by atoms with E-state index in [4.69, 9.17) is 30.3 Å². The average Bonchev–Trinajstić information content (AvgIpc) is 2.92. The molecule has 2 aromatic rings. The molecule has 0 aliphatic rings. The highest BCUT2D eigenvalue weighted by atomic mass is 16.5. The van der Waals surface area contributed by atoms with Crippen molar-refractivity contribution in [1.29, 1.82) is 0 Å². The second kappa shape index (κ2) is 8.01. The molecule has 120 valence electrons. The fraction of sp³-hybridized carbons (Fsp3) is 0.286. The quantitative estimate of drug-likeness (QED) is 0.537. The molecular formula is C14H16N2O6-2. The van der Waals surface area contributed by atoms with Gasteiger partial charge in [0.05, 0.1) is 25.7 Å². The van der Waals surface area contributed by atoms with Crippen LogP contribution in [-0.2, 0) is 9.59 Å². The number of carboxylic acids is 2. The van der Waals surface area contributed by atoms with Crippen molar-refractivity contribution in [2.75, 3.05) is 20.3 Å². The predicted molar refractivity (Wildman–Crippen MR) is 73.7 cm³/mol. The number of carbonyl (C=O) groups excluding carboxylic acids is 2. The molecule has 0 fully saturated rings. The number of nitrogens with two attached hydrogens (primary N) is 1. The molecule has 0 amide bonds. The van der Waals surface area contributed by atoms with Crippen LogP contribution in [0.5, 0.6) is 5.75 Å². The number of aliphatic hydroxyl groups excluding tert-OH is 1. The highest BCUT2D eigenvalue weighted by Gasteiger charge is 2.13. The van der Waals surface area contributed by atoms with Crippen LogP contribution in [0, 0.1) is 0 Å². The van der Waals surface area contributed by atoms with Gasteiger partial charge >= 0.3 is 0 Å². The van der Waals surface area contributed by atoms with Crippen LogP contribution in [0.4, 0.5) is 0 Å². The number of hydrogen-bond donors (Lipinski definition) is 3. The smallest absolute Gasteiger partial charge is 0.119 e. The fourth-order valence-corrected chi connectivity index (χ4v) is 1.89. The second-order valence-corrected chi connectivity index (χ2v) is 4.35. The topological polar surface area (TPSA) is 152 Å². The Morgan fingerprint density at radius 2 is 2.00 bits per heavy atom. The van der Waals surface area contributed by atoms with Crippen LogP contribution in [0.1, 0.15) is 11.5 Å². The molecule has 0 aliphatic heterocycles. The molecule has 1 aromatic heterocycles. The lowest BCUT2D eigenvalue weighted by Gasteiger charge is -2.10. The molecule has 1 unspecified atom stereocenters. The van der Waals surface area contributed by atoms with Crippen molar-refractivity contribution in [2.24, 2.45) is 5.73 Å². The van der Waals surface area contributed by atoms with Crippen LogP contribution in [0.3, 0.4) is 0 Å². The summed E-state index contributed by atoms with van der Waals surface area (Å²) in [6, 6.07) is 5.82. The molecule has 8 heteroatoms. The third-order valence-corrected chi connectivity index (χ3v) is 3.03. The van der Waals surface area contributed by atoms with Crippen molar-refractivity contribution >= 4 is 22.8 Å². The van der Waals surface area contributed by atoms with Gasteiger partial charge < -0.3 is 40.4 Å². The van der Waals surface area contributed by atoms with Crippen LogP contribution in [0.15, 0.2) is 24.4 Å². The second-order valence-electron chi connectivity index (χ2n) is 4.35. The summed E-state index contributed by atoms with van der Waals surface area (Å²) in [7, 11) is 1.64. The van der Waals surface area contributed by atoms with Gasteiger partial charge in [-0.3, -0.25) is 0 Å². The van der Waals surface area contributed by atoms with E-state index in [0.717, 1.165) is 22.2 Å². The lowest BCUT2D eigenvalue weighted by molar-refractivity contribution is -0.345. The number of ether oxygens (including phenoxy) is 1. The molecule has 0 saturated carbocycles. The Hall–Kier alpha value is -2.58. The van der Waals surface area contributed by atoms with Gasteiger partial charge in [0, 0.05) is 29.6 Å². The van der Waals surface area contributed by atoms with Crippen LogP contribution in [0.25, 0.3) is 10.9 Å². The predicted octanol–water partition coefficient (Wildman–Crippen LogP) is -2.30. The first kappa shape index (κ1) is 17.5. The van der Waals surface area contributed by atoms with E-state index in [-0.39, 0.29) is 12.5 Å². The Morgan fingerprint density at radius 3 is 2.45 bits per heavy atom. The van der Waals surface area contributed by atoms with Crippen LogP contribution in [-0.4, -0.2) is 42.3 Å². The van der Waals surface area contributed by atoms with Gasteiger partial charge in [-0.05, 0) is 23.8 Å². The van der Waals surface area contributed by atoms with Gasteiger partial charge in [0.1, 0.15) is 5.75 Å². The summed E-state index contributed by atoms with van der Waals surface area (Å²) < 4.78 is 5.19. The van der Waals surface area contributed by atoms with Gasteiger partial charge in [-0.1, -0.05) is 0 Å². The van der Waals surface area contributed by atoms with E-state index in [9.17, 15) is 5.11 Å². The summed E-state index contributed by atoms with van der Waals surface area (Å²) in [4.78, 5) is 21.0. The SMILES string of the molecule is COc1ccc2[nH]cc(C(CN)CO)c2c1.O=C([O-])C(=O)[O-]. The van der Waals surface area contributed by atoms with E-state index in [0.29, 0.717) is 6.54 Å². The molecule has 0 radical (unpaired) electrons. The number of benzene rings is 1. The first-order valence-electron chi connectivity index (χ1n) is 6.32. The molecule has 0 saturated heterocycles. The number of aromatic nitrogens is 1. The summed E-state index contributed by atoms with van der Waals surface area (Å²) in [6.07, 6.45) is 1.90. The van der Waals surface area contributed by atoms with Crippen molar-refractivity contribution in [3.8, 4) is 5.75 Å². The molecule has 2 rings (SSSR count). The van der Waals surface area contributed by atoms with E-state index in [2.05, 4.69) is 4.98 Å². The first-order chi connectivity index (χ1) is 10.4. The third-order valence-electron chi connectivity index (χ3n) is 3.03. The number of fused-ring (bicyclic) bond motifs is 1. The molecule has 1 atom stereocenters. The van der Waals surface area contributed by atoms with Gasteiger partial charge in [0.15, 0.2) is 0 Å². The van der Waals surface area contributed by atoms with Crippen molar-refractivity contribution in [2.45, 2.75) is 5.92 Å². The molecule has 0 spiro atoms. The standard InChI is InChI=1S/C12H16N2O2.C2H2O4/c1-16-9-2-3-12-10(4-9)11(6-14-12)8(5-13)7-15;3-1(4)2(5)6/h2-4,6,8,14-15H,5,7,13H2,1H3;(H,3,4)(H,5,6)/p-2. The molecule has 4 N–H and O–H groups in total. The van der Waals surface area contributed by atoms with Crippen LogP contribution >= 0.6 is 0 Å². The minimum absolute atomic E-state index is 0.0270. The number of aliphatic hydroxyl groups is 1. The van der Waals surface area contributed by atoms with Crippen molar-refractivity contribution in [3.63, 3.8) is 0 Å². The van der Waals surface area contributed by atoms with E-state index in [1.54, 1.807) is 7.11 Å². The minimum Gasteiger partial charge on any atom is -0.543 e. The molecule has 0 bridgehead atoms. The highest BCUT2D eigenvalue weighted by molar-refractivity contribution is 6.25. The molecule has 8 nitrogen and oxygen atoms in total. The Labute approximate surface area is 126 Å². The number of nitrogens with one attached hydrogen (secondary N) is 1. The maximum Gasteiger partial charge on any atom is 0.119 e. The highest BCUT2D eigenvalue weighted by Crippen LogP contribution is 2.28. The minimum atomic E-state index is -2.19. The summed E-state index contributed by atoms with van der Waals surface area (Å²) in [6.45, 7) is 0.487. The van der Waals surface area contributed by atoms with E-state index >= 15 is 0 Å². The zero-order valence-electron chi connectivity index (χ0n) is 11.9. The average molecular weight is 308 g/mol. The molecule has 1 heterocycles. The Bertz CT molecular complexity index is 636. The van der Waals surface area contributed by atoms with Crippen LogP contribution < -0.4 is 20.7 Å². The van der Waals surface area contributed by atoms with E-state index < -0.39 is 11.9 Å². The Balaban J connectivity index is 0.000000346. The molecular weight excluding hydrogens is 292 g/mol. The maximum absolute atomic E-state index is 9.26. The van der Waals surface area contributed by atoms with Crippen molar-refractivity contribution in [1.82, 2.24) is 4.98 Å². The first-order valence-corrected chi connectivity index (χ1v) is 6.32. The number of rotatable bonds is 4. The van der Waals surface area contributed by atoms with Gasteiger partial charge in [0.2, 0.25) is 0 Å². The van der Waals surface area contributed by atoms with Gasteiger partial charge in [-0.2, -0.15) is 0 Å². The molecule has 22 heavy (non-hydrogen) atoms. The lowest BCUT2D eigenvalue weighted by Crippen LogP contribution is -2.42. The zero-order chi connectivity index (χ0) is 16.7. The largest absolute Gasteiger partial charge is 0.543 e. The number of methoxy groups -OCH3 is 1. The van der Waals surface area contributed by atoms with Crippen LogP contribution in [0.2, 0.25) is 0 Å². The van der Waals surface area contributed by atoms with Gasteiger partial charge in [-0.15, -0.1) is 0 Å². The lowest BCUT2D eigenvalue weighted by atomic mass is 9.99. The Kier molecular flexibility index (Phi) is 6.36. The summed E-state index contributed by atoms with van der Waals surface area (Å²) in [5.41, 5.74) is 7.70. The van der Waals surface area contributed by atoms with Gasteiger partial charge in [0.25, 0.3) is 0 Å². The summed E-state index contributed by atoms with van der Waals surface area (Å²) in [5.74, 6) is -3.59. The van der Waals surface area contributed by atoms with E-state index in [1.807, 2.05) is 24.4 Å². The Morgan fingerprint density at radius 1 is 1.36 bits per heavy atom. The van der Waals surface area contributed by atoms with E-state index in [1.165, 1.54) is 0 Å². The number of aromatic amines is 1. The van der Waals surface area contributed by atoms with Crippen molar-refractivity contribution in [3.05, 3.63) is 30.0 Å². The number of carboxylic acid groups (broad SMARTS) is 2. The number of H-pyrrole nitrogens is 1. The van der Waals surface area contributed by atoms with Gasteiger partial charge in [-0.25, -0.2) is 0 Å². The monoisotopic (exact) mass is 308 g/mol. The normalized spacial score (nSPS) is 11.4. The maximum atomic E-state index is 9.26.